The largest absolute Gasteiger partial charge is 0.398 e. The summed E-state index contributed by atoms with van der Waals surface area (Å²) in [5, 5.41) is 0. The average Bonchev–Trinajstić information content (AvgIpc) is 2.40. The van der Waals surface area contributed by atoms with Crippen molar-refractivity contribution in [2.45, 2.75) is 45.3 Å². The van der Waals surface area contributed by atoms with E-state index in [2.05, 4.69) is 24.3 Å². The molecule has 5 nitrogen and oxygen atoms in total. The molecule has 1 atom stereocenters. The molecule has 1 rings (SSSR count). The van der Waals surface area contributed by atoms with Gasteiger partial charge in [-0.3, -0.25) is 10.8 Å². The molecule has 0 saturated carbocycles. The van der Waals surface area contributed by atoms with Crippen LogP contribution < -0.4 is 17.0 Å². The number of nitrogens with zero attached hydrogens (tertiary/aromatic N) is 1. The first-order valence-corrected chi connectivity index (χ1v) is 6.44. The van der Waals surface area contributed by atoms with E-state index < -0.39 is 0 Å². The maximum Gasteiger partial charge on any atom is 0.0885 e. The van der Waals surface area contributed by atoms with Gasteiger partial charge in [-0.1, -0.05) is 13.8 Å². The van der Waals surface area contributed by atoms with Crippen molar-refractivity contribution in [3.63, 3.8) is 0 Å². The molecule has 0 spiro atoms. The Bertz CT molecular complexity index is 366. The Morgan fingerprint density at radius 3 is 2.50 bits per heavy atom. The predicted octanol–water partition coefficient (Wildman–Crippen LogP) is 1.76. The van der Waals surface area contributed by atoms with Gasteiger partial charge in [0.05, 0.1) is 11.6 Å². The van der Waals surface area contributed by atoms with Crippen LogP contribution in [0.15, 0.2) is 18.5 Å². The van der Waals surface area contributed by atoms with Gasteiger partial charge in [-0.05, 0) is 25.8 Å². The fourth-order valence-electron chi connectivity index (χ4n) is 2.42. The van der Waals surface area contributed by atoms with Crippen LogP contribution in [0.1, 0.15) is 45.2 Å². The minimum Gasteiger partial charge on any atom is -0.398 e. The van der Waals surface area contributed by atoms with Crippen LogP contribution in [-0.4, -0.2) is 17.2 Å². The van der Waals surface area contributed by atoms with E-state index in [0.717, 1.165) is 18.4 Å². The molecule has 5 heteroatoms. The maximum atomic E-state index is 6.01. The van der Waals surface area contributed by atoms with Crippen molar-refractivity contribution in [3.05, 3.63) is 24.0 Å². The normalized spacial score (nSPS) is 13.6. The third-order valence-corrected chi connectivity index (χ3v) is 3.52. The molecular formula is C13H24N4O. The van der Waals surface area contributed by atoms with E-state index in [1.54, 1.807) is 18.5 Å². The Kier molecular flexibility index (Phi) is 5.53. The summed E-state index contributed by atoms with van der Waals surface area (Å²) in [5.41, 5.74) is 10.1. The van der Waals surface area contributed by atoms with Crippen molar-refractivity contribution in [1.82, 2.24) is 10.4 Å². The highest BCUT2D eigenvalue weighted by atomic mass is 16.5. The monoisotopic (exact) mass is 252 g/mol. The Morgan fingerprint density at radius 1 is 1.39 bits per heavy atom. The van der Waals surface area contributed by atoms with Crippen LogP contribution >= 0.6 is 0 Å². The van der Waals surface area contributed by atoms with E-state index in [1.807, 2.05) is 6.92 Å². The van der Waals surface area contributed by atoms with Crippen LogP contribution in [-0.2, 0) is 4.74 Å². The molecule has 1 unspecified atom stereocenters. The standard InChI is InChI=1S/C13H24N4O/c1-4-13(5-2,18-6-3)12(17-15)10-9-16-8-7-11(10)14/h7-9,12,17H,4-6,15H2,1-3H3,(H2,14,16). The summed E-state index contributed by atoms with van der Waals surface area (Å²) in [6.07, 6.45) is 5.12. The smallest absolute Gasteiger partial charge is 0.0885 e. The van der Waals surface area contributed by atoms with Crippen LogP contribution in [0.25, 0.3) is 0 Å². The van der Waals surface area contributed by atoms with E-state index in [4.69, 9.17) is 16.3 Å². The van der Waals surface area contributed by atoms with E-state index in [1.165, 1.54) is 0 Å². The first-order valence-electron chi connectivity index (χ1n) is 6.44. The third kappa shape index (κ3) is 2.80. The van der Waals surface area contributed by atoms with Crippen molar-refractivity contribution in [2.75, 3.05) is 12.3 Å². The van der Waals surface area contributed by atoms with Gasteiger partial charge >= 0.3 is 0 Å². The zero-order valence-electron chi connectivity index (χ0n) is 11.4. The highest BCUT2D eigenvalue weighted by molar-refractivity contribution is 5.47. The van der Waals surface area contributed by atoms with Gasteiger partial charge in [0.1, 0.15) is 0 Å². The SMILES string of the molecule is CCOC(CC)(CC)C(NN)c1cnccc1N. The summed E-state index contributed by atoms with van der Waals surface area (Å²) in [4.78, 5) is 4.13. The van der Waals surface area contributed by atoms with E-state index >= 15 is 0 Å². The Hall–Kier alpha value is -1.17. The lowest BCUT2D eigenvalue weighted by atomic mass is 9.84. The second kappa shape index (κ2) is 6.68. The molecule has 0 radical (unpaired) electrons. The zero-order chi connectivity index (χ0) is 13.6. The Morgan fingerprint density at radius 2 is 2.06 bits per heavy atom. The third-order valence-electron chi connectivity index (χ3n) is 3.52. The first kappa shape index (κ1) is 14.9. The molecule has 0 aliphatic rings. The lowest BCUT2D eigenvalue weighted by molar-refractivity contribution is -0.0733. The first-order chi connectivity index (χ1) is 8.65. The van der Waals surface area contributed by atoms with Crippen molar-refractivity contribution in [3.8, 4) is 0 Å². The second-order valence-corrected chi connectivity index (χ2v) is 4.31. The number of hydrogen-bond donors (Lipinski definition) is 3. The highest BCUT2D eigenvalue weighted by Gasteiger charge is 2.38. The minimum absolute atomic E-state index is 0.166. The van der Waals surface area contributed by atoms with E-state index in [9.17, 15) is 0 Å². The average molecular weight is 252 g/mol. The molecule has 1 heterocycles. The molecule has 0 aromatic carbocycles. The maximum absolute atomic E-state index is 6.01. The number of aromatic nitrogens is 1. The van der Waals surface area contributed by atoms with Crippen LogP contribution in [0.3, 0.4) is 0 Å². The molecule has 0 aliphatic carbocycles. The minimum atomic E-state index is -0.360. The molecule has 0 saturated heterocycles. The number of hydrogen-bond acceptors (Lipinski definition) is 5. The van der Waals surface area contributed by atoms with Gasteiger partial charge in [0.25, 0.3) is 0 Å². The van der Waals surface area contributed by atoms with Gasteiger partial charge in [-0.15, -0.1) is 0 Å². The molecular weight excluding hydrogens is 228 g/mol. The fraction of sp³-hybridized carbons (Fsp3) is 0.615. The van der Waals surface area contributed by atoms with E-state index in [0.29, 0.717) is 12.3 Å². The number of anilines is 1. The summed E-state index contributed by atoms with van der Waals surface area (Å²) in [6.45, 7) is 6.81. The van der Waals surface area contributed by atoms with Gasteiger partial charge in [0, 0.05) is 30.3 Å². The summed E-state index contributed by atoms with van der Waals surface area (Å²) in [6, 6.07) is 1.61. The molecule has 0 fully saturated rings. The lowest BCUT2D eigenvalue weighted by Gasteiger charge is -2.39. The number of ether oxygens (including phenoxy) is 1. The van der Waals surface area contributed by atoms with Crippen LogP contribution in [0, 0.1) is 0 Å². The topological polar surface area (TPSA) is 86.2 Å². The van der Waals surface area contributed by atoms with Gasteiger partial charge < -0.3 is 10.5 Å². The molecule has 18 heavy (non-hydrogen) atoms. The number of nitrogen functional groups attached to an aromatic ring is 1. The Balaban J connectivity index is 3.17. The number of rotatable bonds is 7. The number of nitrogens with two attached hydrogens (primary N) is 2. The van der Waals surface area contributed by atoms with Gasteiger partial charge in [-0.2, -0.15) is 0 Å². The number of nitrogens with one attached hydrogen (secondary N) is 1. The summed E-state index contributed by atoms with van der Waals surface area (Å²) in [5.74, 6) is 5.73. The van der Waals surface area contributed by atoms with E-state index in [-0.39, 0.29) is 11.6 Å². The van der Waals surface area contributed by atoms with Gasteiger partial charge in [0.2, 0.25) is 0 Å². The van der Waals surface area contributed by atoms with Crippen LogP contribution in [0.4, 0.5) is 5.69 Å². The van der Waals surface area contributed by atoms with Crippen molar-refractivity contribution in [1.29, 1.82) is 0 Å². The molecule has 0 amide bonds. The molecule has 1 aromatic heterocycles. The zero-order valence-corrected chi connectivity index (χ0v) is 11.4. The molecule has 1 aromatic rings. The van der Waals surface area contributed by atoms with Crippen molar-refractivity contribution < 1.29 is 4.74 Å². The number of hydrazine groups is 1. The summed E-state index contributed by atoms with van der Waals surface area (Å²) < 4.78 is 5.96. The summed E-state index contributed by atoms with van der Waals surface area (Å²) >= 11 is 0. The lowest BCUT2D eigenvalue weighted by Crippen LogP contribution is -2.48. The van der Waals surface area contributed by atoms with Crippen LogP contribution in [0.5, 0.6) is 0 Å². The quantitative estimate of drug-likeness (QED) is 0.508. The second-order valence-electron chi connectivity index (χ2n) is 4.31. The van der Waals surface area contributed by atoms with Crippen LogP contribution in [0.2, 0.25) is 0 Å². The summed E-state index contributed by atoms with van der Waals surface area (Å²) in [7, 11) is 0. The van der Waals surface area contributed by atoms with Crippen molar-refractivity contribution in [2.24, 2.45) is 5.84 Å². The number of pyridine rings is 1. The fourth-order valence-corrected chi connectivity index (χ4v) is 2.42. The highest BCUT2D eigenvalue weighted by Crippen LogP contribution is 2.36. The predicted molar refractivity (Wildman–Crippen MR) is 73.7 cm³/mol. The van der Waals surface area contributed by atoms with Gasteiger partial charge in [-0.25, -0.2) is 5.43 Å². The van der Waals surface area contributed by atoms with Gasteiger partial charge in [0.15, 0.2) is 0 Å². The van der Waals surface area contributed by atoms with Crippen molar-refractivity contribution >= 4 is 5.69 Å². The molecule has 0 aliphatic heterocycles. The molecule has 0 bridgehead atoms. The Labute approximate surface area is 109 Å². The molecule has 102 valence electrons. The molecule has 5 N–H and O–H groups in total.